The zero-order valence-electron chi connectivity index (χ0n) is 11.6. The Morgan fingerprint density at radius 1 is 1.13 bits per heavy atom. The van der Waals surface area contributed by atoms with Crippen LogP contribution < -0.4 is 9.32 Å². The maximum Gasteiger partial charge on any atom is 0.380 e. The monoisotopic (exact) mass is 334 g/mol. The second-order valence-corrected chi connectivity index (χ2v) is 5.78. The molecule has 0 radical (unpaired) electrons. The Bertz CT molecular complexity index is 939. The Morgan fingerprint density at radius 2 is 1.87 bits per heavy atom. The summed E-state index contributed by atoms with van der Waals surface area (Å²) in [7, 11) is -4.06. The van der Waals surface area contributed by atoms with Crippen molar-refractivity contribution >= 4 is 10.3 Å². The van der Waals surface area contributed by atoms with Gasteiger partial charge in [-0.15, -0.1) is 5.10 Å². The summed E-state index contributed by atoms with van der Waals surface area (Å²) < 4.78 is 40.9. The van der Waals surface area contributed by atoms with Gasteiger partial charge in [-0.3, -0.25) is 0 Å². The van der Waals surface area contributed by atoms with E-state index in [1.165, 1.54) is 28.9 Å². The van der Waals surface area contributed by atoms with Crippen LogP contribution in [0.4, 0.5) is 4.39 Å². The second-order valence-electron chi connectivity index (χ2n) is 4.63. The first kappa shape index (κ1) is 15.1. The van der Waals surface area contributed by atoms with Gasteiger partial charge < -0.3 is 4.18 Å². The van der Waals surface area contributed by atoms with Gasteiger partial charge in [0.1, 0.15) is 17.3 Å². The third-order valence-electron chi connectivity index (χ3n) is 2.93. The molecule has 1 aromatic heterocycles. The van der Waals surface area contributed by atoms with Gasteiger partial charge in [-0.05, 0) is 42.5 Å². The van der Waals surface area contributed by atoms with Crippen molar-refractivity contribution in [3.05, 3.63) is 60.5 Å². The van der Waals surface area contributed by atoms with Crippen LogP contribution in [0.3, 0.4) is 0 Å². The number of aromatic nitrogens is 3. The Morgan fingerprint density at radius 3 is 2.52 bits per heavy atom. The van der Waals surface area contributed by atoms with Crippen molar-refractivity contribution in [2.24, 2.45) is 5.14 Å². The average Bonchev–Trinajstić information content (AvgIpc) is 2.96. The number of halogens is 1. The largest absolute Gasteiger partial charge is 0.380 e. The minimum atomic E-state index is -4.06. The van der Waals surface area contributed by atoms with E-state index < -0.39 is 10.3 Å². The van der Waals surface area contributed by atoms with Crippen molar-refractivity contribution in [2.75, 3.05) is 0 Å². The highest BCUT2D eigenvalue weighted by Crippen LogP contribution is 2.21. The molecule has 0 aliphatic heterocycles. The van der Waals surface area contributed by atoms with Gasteiger partial charge in [-0.1, -0.05) is 11.3 Å². The van der Waals surface area contributed by atoms with Crippen LogP contribution in [0.25, 0.3) is 16.9 Å². The molecule has 118 valence electrons. The van der Waals surface area contributed by atoms with Crippen LogP contribution in [0.1, 0.15) is 0 Å². The number of nitrogens with two attached hydrogens (primary N) is 1. The summed E-state index contributed by atoms with van der Waals surface area (Å²) in [5, 5.41) is 12.7. The summed E-state index contributed by atoms with van der Waals surface area (Å²) in [5.41, 5.74) is 1.77. The van der Waals surface area contributed by atoms with Crippen molar-refractivity contribution in [2.45, 2.75) is 0 Å². The SMILES string of the molecule is NS(=O)(=O)Oc1ccc(-c2cn(-c3cccc(F)c3)nn2)cc1. The molecular weight excluding hydrogens is 323 g/mol. The van der Waals surface area contributed by atoms with E-state index in [0.29, 0.717) is 16.9 Å². The predicted octanol–water partition coefficient (Wildman–Crippen LogP) is 1.66. The molecule has 0 atom stereocenters. The van der Waals surface area contributed by atoms with E-state index in [-0.39, 0.29) is 11.6 Å². The Balaban J connectivity index is 1.86. The summed E-state index contributed by atoms with van der Waals surface area (Å²) in [4.78, 5) is 0. The Hall–Kier alpha value is -2.78. The fourth-order valence-corrected chi connectivity index (χ4v) is 2.34. The van der Waals surface area contributed by atoms with Gasteiger partial charge in [0.05, 0.1) is 11.9 Å². The summed E-state index contributed by atoms with van der Waals surface area (Å²) in [5.74, 6) is -0.280. The standard InChI is InChI=1S/C14H11FN4O3S/c15-11-2-1-3-12(8-11)19-9-14(17-18-19)10-4-6-13(7-5-10)22-23(16,20)21/h1-9H,(H2,16,20,21). The molecule has 0 bridgehead atoms. The lowest BCUT2D eigenvalue weighted by Crippen LogP contribution is -2.18. The first-order chi connectivity index (χ1) is 10.9. The average molecular weight is 334 g/mol. The summed E-state index contributed by atoms with van der Waals surface area (Å²) in [6.45, 7) is 0. The van der Waals surface area contributed by atoms with E-state index in [9.17, 15) is 12.8 Å². The van der Waals surface area contributed by atoms with Crippen LogP contribution in [0.5, 0.6) is 5.75 Å². The first-order valence-electron chi connectivity index (χ1n) is 6.42. The predicted molar refractivity (Wildman–Crippen MR) is 80.5 cm³/mol. The molecule has 0 fully saturated rings. The lowest BCUT2D eigenvalue weighted by atomic mass is 10.2. The van der Waals surface area contributed by atoms with E-state index >= 15 is 0 Å². The summed E-state index contributed by atoms with van der Waals surface area (Å²) in [6, 6.07) is 12.1. The van der Waals surface area contributed by atoms with Gasteiger partial charge in [-0.2, -0.15) is 13.6 Å². The molecular formula is C14H11FN4O3S. The Kier molecular flexibility index (Phi) is 3.80. The Labute approximate surface area is 131 Å². The minimum Gasteiger partial charge on any atom is -0.371 e. The van der Waals surface area contributed by atoms with Crippen LogP contribution in [0, 0.1) is 5.82 Å². The fraction of sp³-hybridized carbons (Fsp3) is 0. The molecule has 0 saturated heterocycles. The number of hydrogen-bond donors (Lipinski definition) is 1. The molecule has 3 rings (SSSR count). The minimum absolute atomic E-state index is 0.0915. The summed E-state index contributed by atoms with van der Waals surface area (Å²) in [6.07, 6.45) is 1.63. The highest BCUT2D eigenvalue weighted by atomic mass is 32.2. The van der Waals surface area contributed by atoms with E-state index in [2.05, 4.69) is 14.5 Å². The molecule has 7 nitrogen and oxygen atoms in total. The highest BCUT2D eigenvalue weighted by Gasteiger charge is 2.08. The van der Waals surface area contributed by atoms with Crippen molar-refractivity contribution in [1.29, 1.82) is 0 Å². The molecule has 0 unspecified atom stereocenters. The van der Waals surface area contributed by atoms with Crippen LogP contribution in [-0.4, -0.2) is 23.4 Å². The topological polar surface area (TPSA) is 100 Å². The van der Waals surface area contributed by atoms with Crippen LogP contribution in [0.15, 0.2) is 54.7 Å². The van der Waals surface area contributed by atoms with Crippen LogP contribution >= 0.6 is 0 Å². The zero-order valence-corrected chi connectivity index (χ0v) is 12.4. The fourth-order valence-electron chi connectivity index (χ4n) is 1.96. The maximum absolute atomic E-state index is 13.2. The normalized spacial score (nSPS) is 11.4. The smallest absolute Gasteiger partial charge is 0.371 e. The van der Waals surface area contributed by atoms with E-state index in [4.69, 9.17) is 5.14 Å². The van der Waals surface area contributed by atoms with Gasteiger partial charge >= 0.3 is 10.3 Å². The second kappa shape index (κ2) is 5.78. The quantitative estimate of drug-likeness (QED) is 0.782. The molecule has 0 aliphatic carbocycles. The molecule has 3 aromatic rings. The number of rotatable bonds is 4. The third kappa shape index (κ3) is 3.71. The molecule has 2 N–H and O–H groups in total. The molecule has 0 saturated carbocycles. The third-order valence-corrected chi connectivity index (χ3v) is 3.35. The van der Waals surface area contributed by atoms with Gasteiger partial charge in [0.25, 0.3) is 0 Å². The van der Waals surface area contributed by atoms with Gasteiger partial charge in [0.2, 0.25) is 0 Å². The van der Waals surface area contributed by atoms with Gasteiger partial charge in [0, 0.05) is 5.56 Å². The molecule has 2 aromatic carbocycles. The van der Waals surface area contributed by atoms with Gasteiger partial charge in [-0.25, -0.2) is 9.07 Å². The molecule has 23 heavy (non-hydrogen) atoms. The van der Waals surface area contributed by atoms with Crippen molar-refractivity contribution in [3.63, 3.8) is 0 Å². The molecule has 0 aliphatic rings. The lowest BCUT2D eigenvalue weighted by Gasteiger charge is -2.02. The highest BCUT2D eigenvalue weighted by molar-refractivity contribution is 7.84. The van der Waals surface area contributed by atoms with Crippen LogP contribution in [-0.2, 0) is 10.3 Å². The van der Waals surface area contributed by atoms with E-state index in [1.54, 1.807) is 30.5 Å². The number of benzene rings is 2. The maximum atomic E-state index is 13.2. The van der Waals surface area contributed by atoms with Crippen LogP contribution in [0.2, 0.25) is 0 Å². The molecule has 0 amide bonds. The zero-order chi connectivity index (χ0) is 16.4. The molecule has 9 heteroatoms. The van der Waals surface area contributed by atoms with Crippen molar-refractivity contribution < 1.29 is 17.0 Å². The lowest BCUT2D eigenvalue weighted by molar-refractivity contribution is 0.488. The first-order valence-corrected chi connectivity index (χ1v) is 7.89. The van der Waals surface area contributed by atoms with Crippen molar-refractivity contribution in [3.8, 4) is 22.7 Å². The molecule has 1 heterocycles. The van der Waals surface area contributed by atoms with Gasteiger partial charge in [0.15, 0.2) is 0 Å². The number of nitrogens with zero attached hydrogens (tertiary/aromatic N) is 3. The van der Waals surface area contributed by atoms with Crippen molar-refractivity contribution in [1.82, 2.24) is 15.0 Å². The molecule has 0 spiro atoms. The van der Waals surface area contributed by atoms with E-state index in [0.717, 1.165) is 0 Å². The van der Waals surface area contributed by atoms with E-state index in [1.807, 2.05) is 0 Å². The number of hydrogen-bond acceptors (Lipinski definition) is 5. The summed E-state index contributed by atoms with van der Waals surface area (Å²) >= 11 is 0.